The van der Waals surface area contributed by atoms with Crippen LogP contribution < -0.4 is 5.32 Å². The van der Waals surface area contributed by atoms with E-state index in [9.17, 15) is 4.79 Å². The lowest BCUT2D eigenvalue weighted by Crippen LogP contribution is -2.06. The van der Waals surface area contributed by atoms with Gasteiger partial charge in [0.05, 0.1) is 11.9 Å². The van der Waals surface area contributed by atoms with Crippen LogP contribution in [0.15, 0.2) is 53.7 Å². The molecule has 1 amide bonds. The summed E-state index contributed by atoms with van der Waals surface area (Å²) in [6.45, 7) is 18.8. The number of carbonyl (C=O) groups excluding carboxylic acids is 1. The molecule has 2 aromatic rings. The molecular weight excluding hydrogens is 384 g/mol. The Labute approximate surface area is 190 Å². The van der Waals surface area contributed by atoms with Gasteiger partial charge in [0.2, 0.25) is 6.41 Å². The average Bonchev–Trinajstić information content (AvgIpc) is 3.12. The van der Waals surface area contributed by atoms with Crippen molar-refractivity contribution in [3.8, 4) is 6.07 Å². The Balaban J connectivity index is -0.000000605. The van der Waals surface area contributed by atoms with E-state index in [-0.39, 0.29) is 0 Å². The van der Waals surface area contributed by atoms with Gasteiger partial charge in [0.1, 0.15) is 11.8 Å². The van der Waals surface area contributed by atoms with E-state index in [1.807, 2.05) is 95.5 Å². The van der Waals surface area contributed by atoms with Crippen LogP contribution in [0.25, 0.3) is 0 Å². The smallest absolute Gasteiger partial charge is 0.212 e. The molecule has 0 aliphatic carbocycles. The molecule has 1 heterocycles. The second-order valence-electron chi connectivity index (χ2n) is 5.62. The van der Waals surface area contributed by atoms with Crippen molar-refractivity contribution in [3.63, 3.8) is 0 Å². The SMILES string of the molecule is C/C=C\C.CC.CC.CCC.Cc1c(N=CNC=O)c(C#N)cn1Cc1ccccc1. The molecular formula is C26H42N4O. The number of amides is 1. The van der Waals surface area contributed by atoms with Gasteiger partial charge in [-0.25, -0.2) is 4.99 Å². The summed E-state index contributed by atoms with van der Waals surface area (Å²) in [4.78, 5) is 14.3. The number of nitrogens with zero attached hydrogens (tertiary/aromatic N) is 3. The first-order chi connectivity index (χ1) is 15.1. The average molecular weight is 427 g/mol. The first kappa shape index (κ1) is 32.5. The fraction of sp³-hybridized carbons (Fsp3) is 0.423. The summed E-state index contributed by atoms with van der Waals surface area (Å²) in [5.41, 5.74) is 3.10. The molecule has 5 heteroatoms. The van der Waals surface area contributed by atoms with E-state index in [0.29, 0.717) is 24.2 Å². The summed E-state index contributed by atoms with van der Waals surface area (Å²) < 4.78 is 1.97. The first-order valence-corrected chi connectivity index (χ1v) is 11.0. The molecule has 0 fully saturated rings. The number of nitriles is 1. The summed E-state index contributed by atoms with van der Waals surface area (Å²) in [6, 6.07) is 12.1. The van der Waals surface area contributed by atoms with Crippen molar-refractivity contribution in [2.45, 2.75) is 75.3 Å². The van der Waals surface area contributed by atoms with Crippen molar-refractivity contribution in [2.75, 3.05) is 0 Å². The topological polar surface area (TPSA) is 70.2 Å². The molecule has 1 aromatic heterocycles. The van der Waals surface area contributed by atoms with Gasteiger partial charge in [-0.05, 0) is 26.3 Å². The maximum absolute atomic E-state index is 10.2. The number of hydrogen-bond acceptors (Lipinski definition) is 3. The minimum atomic E-state index is 0.488. The summed E-state index contributed by atoms with van der Waals surface area (Å²) >= 11 is 0. The van der Waals surface area contributed by atoms with E-state index in [1.165, 1.54) is 12.8 Å². The summed E-state index contributed by atoms with van der Waals surface area (Å²) in [6.07, 6.45) is 8.84. The minimum Gasteiger partial charge on any atom is -0.344 e. The lowest BCUT2D eigenvalue weighted by Gasteiger charge is -2.06. The molecule has 0 spiro atoms. The summed E-state index contributed by atoms with van der Waals surface area (Å²) in [5.74, 6) is 0. The van der Waals surface area contributed by atoms with Crippen LogP contribution in [0.5, 0.6) is 0 Å². The van der Waals surface area contributed by atoms with Gasteiger partial charge in [-0.1, -0.05) is 90.4 Å². The zero-order chi connectivity index (χ0) is 24.5. The number of benzene rings is 1. The Morgan fingerprint density at radius 2 is 1.58 bits per heavy atom. The lowest BCUT2D eigenvalue weighted by atomic mass is 10.2. The maximum Gasteiger partial charge on any atom is 0.212 e. The normalized spacial score (nSPS) is 8.90. The van der Waals surface area contributed by atoms with Gasteiger partial charge in [-0.15, -0.1) is 0 Å². The molecule has 0 saturated carbocycles. The maximum atomic E-state index is 10.2. The predicted molar refractivity (Wildman–Crippen MR) is 136 cm³/mol. The first-order valence-electron chi connectivity index (χ1n) is 11.0. The molecule has 0 aliphatic rings. The summed E-state index contributed by atoms with van der Waals surface area (Å²) in [5, 5.41) is 11.5. The van der Waals surface area contributed by atoms with Crippen molar-refractivity contribution in [2.24, 2.45) is 4.99 Å². The van der Waals surface area contributed by atoms with Crippen molar-refractivity contribution in [1.29, 1.82) is 5.26 Å². The van der Waals surface area contributed by atoms with Crippen molar-refractivity contribution >= 4 is 18.4 Å². The van der Waals surface area contributed by atoms with Gasteiger partial charge in [0.15, 0.2) is 0 Å². The molecule has 5 nitrogen and oxygen atoms in total. The van der Waals surface area contributed by atoms with E-state index < -0.39 is 0 Å². The third-order valence-corrected chi connectivity index (χ3v) is 3.30. The van der Waals surface area contributed by atoms with E-state index in [2.05, 4.69) is 30.2 Å². The predicted octanol–water partition coefficient (Wildman–Crippen LogP) is 7.17. The van der Waals surface area contributed by atoms with E-state index in [4.69, 9.17) is 5.26 Å². The van der Waals surface area contributed by atoms with Crippen LogP contribution in [-0.4, -0.2) is 17.3 Å². The number of hydrogen-bond donors (Lipinski definition) is 1. The Kier molecular flexibility index (Phi) is 26.1. The zero-order valence-electron chi connectivity index (χ0n) is 20.9. The fourth-order valence-electron chi connectivity index (χ4n) is 1.97. The van der Waals surface area contributed by atoms with Crippen LogP contribution in [0.4, 0.5) is 5.69 Å². The second kappa shape index (κ2) is 24.9. The van der Waals surface area contributed by atoms with Crippen LogP contribution in [0, 0.1) is 18.3 Å². The largest absolute Gasteiger partial charge is 0.344 e. The number of nitrogens with one attached hydrogen (secondary N) is 1. The Hall–Kier alpha value is -3.13. The van der Waals surface area contributed by atoms with E-state index in [1.54, 1.807) is 6.20 Å². The third-order valence-electron chi connectivity index (χ3n) is 3.30. The van der Waals surface area contributed by atoms with Crippen LogP contribution in [0.2, 0.25) is 0 Å². The number of allylic oxidation sites excluding steroid dienone is 2. The molecule has 0 aliphatic heterocycles. The van der Waals surface area contributed by atoms with E-state index in [0.717, 1.165) is 11.3 Å². The Morgan fingerprint density at radius 3 is 2.00 bits per heavy atom. The molecule has 172 valence electrons. The Morgan fingerprint density at radius 1 is 1.06 bits per heavy atom. The van der Waals surface area contributed by atoms with Crippen molar-refractivity contribution in [3.05, 3.63) is 65.5 Å². The number of rotatable bonds is 5. The summed E-state index contributed by atoms with van der Waals surface area (Å²) in [7, 11) is 0. The highest BCUT2D eigenvalue weighted by molar-refractivity contribution is 5.75. The quantitative estimate of drug-likeness (QED) is 0.238. The number of aliphatic imine (C=N–C) groups is 1. The molecule has 0 atom stereocenters. The van der Waals surface area contributed by atoms with Gasteiger partial charge in [-0.3, -0.25) is 4.79 Å². The van der Waals surface area contributed by atoms with E-state index >= 15 is 0 Å². The number of carbonyl (C=O) groups is 1. The van der Waals surface area contributed by atoms with Gasteiger partial charge < -0.3 is 9.88 Å². The molecule has 0 radical (unpaired) electrons. The van der Waals surface area contributed by atoms with Gasteiger partial charge in [0, 0.05) is 18.4 Å². The van der Waals surface area contributed by atoms with Crippen molar-refractivity contribution in [1.82, 2.24) is 9.88 Å². The van der Waals surface area contributed by atoms with Gasteiger partial charge >= 0.3 is 0 Å². The standard InChI is InChI=1S/C15H14N4O.C4H8.C3H8.2C2H6/c1-12-15(18-10-17-11-20)14(7-16)9-19(12)8-13-5-3-2-4-6-13;1-3-4-2;1-3-2;2*1-2/h2-6,9-11H,8H2,1H3,(H,17,18,20);3-4H,1-2H3;3H2,1-2H3;2*1-2H3/b;4-3-;;;. The second-order valence-corrected chi connectivity index (χ2v) is 5.62. The fourth-order valence-corrected chi connectivity index (χ4v) is 1.97. The molecule has 1 N–H and O–H groups in total. The highest BCUT2D eigenvalue weighted by Gasteiger charge is 2.11. The number of aromatic nitrogens is 1. The van der Waals surface area contributed by atoms with Crippen LogP contribution in [-0.2, 0) is 11.3 Å². The highest BCUT2D eigenvalue weighted by Crippen LogP contribution is 2.25. The monoisotopic (exact) mass is 426 g/mol. The van der Waals surface area contributed by atoms with Crippen LogP contribution in [0.3, 0.4) is 0 Å². The molecule has 31 heavy (non-hydrogen) atoms. The molecule has 0 bridgehead atoms. The van der Waals surface area contributed by atoms with Gasteiger partial charge in [0.25, 0.3) is 0 Å². The lowest BCUT2D eigenvalue weighted by molar-refractivity contribution is -0.108. The Bertz CT molecular complexity index is 750. The van der Waals surface area contributed by atoms with Crippen LogP contribution >= 0.6 is 0 Å². The molecule has 0 saturated heterocycles. The highest BCUT2D eigenvalue weighted by atomic mass is 16.1. The molecule has 0 unspecified atom stereocenters. The van der Waals surface area contributed by atoms with Crippen LogP contribution in [0.1, 0.15) is 78.6 Å². The minimum absolute atomic E-state index is 0.488. The molecule has 1 aromatic carbocycles. The van der Waals surface area contributed by atoms with Crippen molar-refractivity contribution < 1.29 is 4.79 Å². The van der Waals surface area contributed by atoms with Gasteiger partial charge in [-0.2, -0.15) is 5.26 Å². The third kappa shape index (κ3) is 15.4. The zero-order valence-corrected chi connectivity index (χ0v) is 20.9. The molecule has 2 rings (SSSR count).